The first-order valence-electron chi connectivity index (χ1n) is 11.2. The molecule has 4 rings (SSSR count). The molecule has 0 radical (unpaired) electrons. The maximum Gasteiger partial charge on any atom is 0.258 e. The Labute approximate surface area is 202 Å². The lowest BCUT2D eigenvalue weighted by molar-refractivity contribution is -0.124. The smallest absolute Gasteiger partial charge is 0.258 e. The Morgan fingerprint density at radius 3 is 2.69 bits per heavy atom. The number of carbonyl (C=O) groups excluding carboxylic acids is 1. The Morgan fingerprint density at radius 1 is 1.14 bits per heavy atom. The predicted molar refractivity (Wildman–Crippen MR) is 131 cm³/mol. The zero-order valence-electron chi connectivity index (χ0n) is 20.0. The molecule has 10 heteroatoms. The Bertz CT molecular complexity index is 1340. The number of hydrogen-bond acceptors (Lipinski definition) is 7. The van der Waals surface area contributed by atoms with Crippen molar-refractivity contribution in [1.82, 2.24) is 25.5 Å². The van der Waals surface area contributed by atoms with Gasteiger partial charge in [0.25, 0.3) is 5.91 Å². The number of halogens is 1. The summed E-state index contributed by atoms with van der Waals surface area (Å²) in [5, 5.41) is 13.4. The summed E-state index contributed by atoms with van der Waals surface area (Å²) >= 11 is 0. The maximum absolute atomic E-state index is 15.4. The SMILES string of the molecule is CCOc1ccc2nc(-c3cccc(OCC(=O)NC(C)(C)C)c3F)nc(Nc3cn[nH]c3)c2c1. The van der Waals surface area contributed by atoms with E-state index in [4.69, 9.17) is 9.47 Å². The number of nitrogens with zero attached hydrogens (tertiary/aromatic N) is 3. The van der Waals surface area contributed by atoms with Gasteiger partial charge in [-0.05, 0) is 58.0 Å². The number of amides is 1. The second-order valence-corrected chi connectivity index (χ2v) is 8.82. The summed E-state index contributed by atoms with van der Waals surface area (Å²) in [6.07, 6.45) is 3.29. The van der Waals surface area contributed by atoms with Gasteiger partial charge in [-0.2, -0.15) is 5.10 Å². The fourth-order valence-corrected chi connectivity index (χ4v) is 3.43. The third-order valence-corrected chi connectivity index (χ3v) is 4.82. The van der Waals surface area contributed by atoms with Gasteiger partial charge in [0.2, 0.25) is 0 Å². The van der Waals surface area contributed by atoms with Crippen LogP contribution < -0.4 is 20.1 Å². The fraction of sp³-hybridized carbons (Fsp3) is 0.280. The molecule has 0 aliphatic heterocycles. The number of hydrogen-bond donors (Lipinski definition) is 3. The summed E-state index contributed by atoms with van der Waals surface area (Å²) < 4.78 is 26.5. The van der Waals surface area contributed by atoms with Crippen molar-refractivity contribution in [3.05, 3.63) is 54.6 Å². The van der Waals surface area contributed by atoms with Gasteiger partial charge in [-0.1, -0.05) is 6.07 Å². The third kappa shape index (κ3) is 5.84. The molecule has 0 aliphatic rings. The molecule has 0 bridgehead atoms. The van der Waals surface area contributed by atoms with Gasteiger partial charge in [-0.15, -0.1) is 0 Å². The zero-order valence-corrected chi connectivity index (χ0v) is 20.0. The molecule has 4 aromatic rings. The lowest BCUT2D eigenvalue weighted by Gasteiger charge is -2.20. The molecule has 0 spiro atoms. The Morgan fingerprint density at radius 2 is 1.97 bits per heavy atom. The normalized spacial score (nSPS) is 11.3. The molecule has 1 amide bonds. The minimum atomic E-state index is -0.657. The van der Waals surface area contributed by atoms with Crippen molar-refractivity contribution in [2.24, 2.45) is 0 Å². The number of rotatable bonds is 8. The molecule has 2 aromatic carbocycles. The van der Waals surface area contributed by atoms with Crippen molar-refractivity contribution < 1.29 is 18.7 Å². The number of ether oxygens (including phenoxy) is 2. The maximum atomic E-state index is 15.4. The van der Waals surface area contributed by atoms with Crippen LogP contribution in [0.1, 0.15) is 27.7 Å². The number of aromatic amines is 1. The Balaban J connectivity index is 1.70. The van der Waals surface area contributed by atoms with Gasteiger partial charge in [0.1, 0.15) is 11.6 Å². The van der Waals surface area contributed by atoms with E-state index < -0.39 is 11.4 Å². The summed E-state index contributed by atoms with van der Waals surface area (Å²) in [6, 6.07) is 10.1. The highest BCUT2D eigenvalue weighted by molar-refractivity contribution is 5.93. The third-order valence-electron chi connectivity index (χ3n) is 4.82. The summed E-state index contributed by atoms with van der Waals surface area (Å²) in [4.78, 5) is 21.3. The second-order valence-electron chi connectivity index (χ2n) is 8.82. The van der Waals surface area contributed by atoms with Crippen LogP contribution >= 0.6 is 0 Å². The minimum Gasteiger partial charge on any atom is -0.494 e. The molecule has 2 heterocycles. The highest BCUT2D eigenvalue weighted by Crippen LogP contribution is 2.33. The minimum absolute atomic E-state index is 0.0636. The predicted octanol–water partition coefficient (Wildman–Crippen LogP) is 4.59. The van der Waals surface area contributed by atoms with Crippen molar-refractivity contribution in [1.29, 1.82) is 0 Å². The van der Waals surface area contributed by atoms with Gasteiger partial charge in [0.05, 0.1) is 29.6 Å². The van der Waals surface area contributed by atoms with Crippen molar-refractivity contribution in [3.8, 4) is 22.9 Å². The number of benzene rings is 2. The van der Waals surface area contributed by atoms with Crippen LogP contribution in [-0.4, -0.2) is 44.8 Å². The summed E-state index contributed by atoms with van der Waals surface area (Å²) in [7, 11) is 0. The van der Waals surface area contributed by atoms with E-state index in [0.717, 1.165) is 0 Å². The standard InChI is InChI=1S/C25H27FN6O3/c1-5-34-16-9-10-19-18(11-16)24(29-15-12-27-28-13-15)31-23(30-19)17-7-6-8-20(22(17)26)35-14-21(33)32-25(2,3)4/h6-13H,5,14H2,1-4H3,(H,27,28)(H,32,33)(H,29,30,31). The largest absolute Gasteiger partial charge is 0.494 e. The van der Waals surface area contributed by atoms with E-state index >= 15 is 4.39 Å². The number of carbonyl (C=O) groups is 1. The van der Waals surface area contributed by atoms with Gasteiger partial charge in [-0.25, -0.2) is 14.4 Å². The number of anilines is 2. The van der Waals surface area contributed by atoms with E-state index in [9.17, 15) is 4.79 Å². The number of fused-ring (bicyclic) bond motifs is 1. The van der Waals surface area contributed by atoms with E-state index in [2.05, 4.69) is 30.8 Å². The van der Waals surface area contributed by atoms with E-state index in [1.165, 1.54) is 6.07 Å². The molecule has 0 saturated carbocycles. The topological polar surface area (TPSA) is 114 Å². The van der Waals surface area contributed by atoms with Gasteiger partial charge >= 0.3 is 0 Å². The second kappa shape index (κ2) is 9.96. The first-order valence-corrected chi connectivity index (χ1v) is 11.2. The van der Waals surface area contributed by atoms with Crippen LogP contribution in [0.15, 0.2) is 48.8 Å². The van der Waals surface area contributed by atoms with Crippen molar-refractivity contribution in [2.75, 3.05) is 18.5 Å². The molecule has 0 atom stereocenters. The monoisotopic (exact) mass is 478 g/mol. The molecule has 9 nitrogen and oxygen atoms in total. The number of H-pyrrole nitrogens is 1. The van der Waals surface area contributed by atoms with E-state index in [1.807, 2.05) is 33.8 Å². The van der Waals surface area contributed by atoms with Crippen LogP contribution in [0.4, 0.5) is 15.9 Å². The first kappa shape index (κ1) is 23.9. The summed E-state index contributed by atoms with van der Waals surface area (Å²) in [5.41, 5.74) is 1.00. The lowest BCUT2D eigenvalue weighted by atomic mass is 10.1. The molecule has 35 heavy (non-hydrogen) atoms. The molecular formula is C25H27FN6O3. The molecule has 0 fully saturated rings. The Hall–Kier alpha value is -4.21. The summed E-state index contributed by atoms with van der Waals surface area (Å²) in [5.74, 6) is 0.225. The van der Waals surface area contributed by atoms with Crippen LogP contribution in [0.3, 0.4) is 0 Å². The highest BCUT2D eigenvalue weighted by atomic mass is 19.1. The number of nitrogens with one attached hydrogen (secondary N) is 3. The van der Waals surface area contributed by atoms with Gasteiger partial charge in [0.15, 0.2) is 24.0 Å². The quantitative estimate of drug-likeness (QED) is 0.339. The van der Waals surface area contributed by atoms with Crippen LogP contribution in [0, 0.1) is 5.82 Å². The lowest BCUT2D eigenvalue weighted by Crippen LogP contribution is -2.43. The average Bonchev–Trinajstić information content (AvgIpc) is 3.31. The number of aromatic nitrogens is 4. The molecule has 0 unspecified atom stereocenters. The first-order chi connectivity index (χ1) is 16.7. The fourth-order valence-electron chi connectivity index (χ4n) is 3.43. The van der Waals surface area contributed by atoms with Gasteiger partial charge < -0.3 is 20.1 Å². The molecular weight excluding hydrogens is 451 g/mol. The zero-order chi connectivity index (χ0) is 25.0. The van der Waals surface area contributed by atoms with Crippen LogP contribution in [0.2, 0.25) is 0 Å². The van der Waals surface area contributed by atoms with E-state index in [-0.39, 0.29) is 29.7 Å². The van der Waals surface area contributed by atoms with Crippen molar-refractivity contribution in [3.63, 3.8) is 0 Å². The molecule has 3 N–H and O–H groups in total. The van der Waals surface area contributed by atoms with Gasteiger partial charge in [-0.3, -0.25) is 9.89 Å². The molecule has 2 aromatic heterocycles. The van der Waals surface area contributed by atoms with Crippen molar-refractivity contribution in [2.45, 2.75) is 33.2 Å². The van der Waals surface area contributed by atoms with Crippen LogP contribution in [0.5, 0.6) is 11.5 Å². The Kier molecular flexibility index (Phi) is 6.81. The van der Waals surface area contributed by atoms with E-state index in [1.54, 1.807) is 36.7 Å². The van der Waals surface area contributed by atoms with Crippen LogP contribution in [-0.2, 0) is 4.79 Å². The summed E-state index contributed by atoms with van der Waals surface area (Å²) in [6.45, 7) is 7.67. The van der Waals surface area contributed by atoms with E-state index in [0.29, 0.717) is 34.8 Å². The van der Waals surface area contributed by atoms with Crippen molar-refractivity contribution >= 4 is 28.3 Å². The van der Waals surface area contributed by atoms with Gasteiger partial charge in [0, 0.05) is 17.1 Å². The van der Waals surface area contributed by atoms with Crippen LogP contribution in [0.25, 0.3) is 22.3 Å². The average molecular weight is 479 g/mol. The molecule has 0 aliphatic carbocycles. The molecule has 182 valence electrons. The highest BCUT2D eigenvalue weighted by Gasteiger charge is 2.19. The molecule has 0 saturated heterocycles.